The van der Waals surface area contributed by atoms with Crippen LogP contribution in [-0.4, -0.2) is 26.3 Å². The van der Waals surface area contributed by atoms with Gasteiger partial charge >= 0.3 is 0 Å². The van der Waals surface area contributed by atoms with Gasteiger partial charge in [0.15, 0.2) is 5.82 Å². The lowest BCUT2D eigenvalue weighted by Crippen LogP contribution is -2.24. The molecular weight excluding hydrogens is 262 g/mol. The van der Waals surface area contributed by atoms with E-state index in [1.54, 1.807) is 12.4 Å². The van der Waals surface area contributed by atoms with E-state index in [1.807, 2.05) is 22.9 Å². The van der Waals surface area contributed by atoms with Gasteiger partial charge in [-0.2, -0.15) is 4.98 Å². The van der Waals surface area contributed by atoms with Gasteiger partial charge in [-0.3, -0.25) is 4.98 Å². The van der Waals surface area contributed by atoms with Crippen molar-refractivity contribution in [3.05, 3.63) is 60.4 Å². The average Bonchev–Trinajstić information content (AvgIpc) is 3.00. The van der Waals surface area contributed by atoms with Crippen LogP contribution in [0.2, 0.25) is 0 Å². The normalized spacial score (nSPS) is 17.0. The number of anilines is 1. The Morgan fingerprint density at radius 2 is 1.86 bits per heavy atom. The number of nitrogens with zero attached hydrogens (tertiary/aromatic N) is 4. The fourth-order valence-corrected chi connectivity index (χ4v) is 2.71. The molecule has 1 N–H and O–H groups in total. The third-order valence-corrected chi connectivity index (χ3v) is 3.75. The first-order valence-corrected chi connectivity index (χ1v) is 7.07. The highest BCUT2D eigenvalue weighted by Gasteiger charge is 2.24. The summed E-state index contributed by atoms with van der Waals surface area (Å²) in [7, 11) is 0. The molecule has 1 unspecified atom stereocenters. The van der Waals surface area contributed by atoms with Crippen LogP contribution < -0.4 is 5.32 Å². The van der Waals surface area contributed by atoms with Crippen LogP contribution >= 0.6 is 0 Å². The van der Waals surface area contributed by atoms with Gasteiger partial charge in [0.2, 0.25) is 5.95 Å². The van der Waals surface area contributed by atoms with Crippen molar-refractivity contribution in [3.63, 3.8) is 0 Å². The van der Waals surface area contributed by atoms with Gasteiger partial charge in [0.05, 0.1) is 6.04 Å². The van der Waals surface area contributed by atoms with E-state index in [0.29, 0.717) is 0 Å². The quantitative estimate of drug-likeness (QED) is 0.782. The van der Waals surface area contributed by atoms with Crippen molar-refractivity contribution in [1.29, 1.82) is 0 Å². The van der Waals surface area contributed by atoms with Crippen LogP contribution in [0.5, 0.6) is 0 Å². The van der Waals surface area contributed by atoms with Crippen LogP contribution in [0.4, 0.5) is 5.95 Å². The summed E-state index contributed by atoms with van der Waals surface area (Å²) in [5.41, 5.74) is 2.26. The summed E-state index contributed by atoms with van der Waals surface area (Å²) >= 11 is 0. The topological polar surface area (TPSA) is 55.6 Å². The highest BCUT2D eigenvalue weighted by atomic mass is 15.4. The Balaban J connectivity index is 1.77. The van der Waals surface area contributed by atoms with Gasteiger partial charge in [0, 0.05) is 24.5 Å². The van der Waals surface area contributed by atoms with Crippen LogP contribution in [0, 0.1) is 0 Å². The molecule has 104 valence electrons. The summed E-state index contributed by atoms with van der Waals surface area (Å²) in [6.45, 7) is 0.911. The zero-order valence-corrected chi connectivity index (χ0v) is 11.5. The van der Waals surface area contributed by atoms with Gasteiger partial charge in [0.25, 0.3) is 0 Å². The van der Waals surface area contributed by atoms with Crippen molar-refractivity contribution in [2.45, 2.75) is 12.5 Å². The number of hydrogen-bond donors (Lipinski definition) is 1. The van der Waals surface area contributed by atoms with Gasteiger partial charge in [-0.15, -0.1) is 5.10 Å². The molecule has 0 amide bonds. The maximum Gasteiger partial charge on any atom is 0.222 e. The highest BCUT2D eigenvalue weighted by molar-refractivity contribution is 5.55. The van der Waals surface area contributed by atoms with E-state index in [9.17, 15) is 0 Å². The molecule has 1 atom stereocenters. The fourth-order valence-electron chi connectivity index (χ4n) is 2.71. The molecule has 0 spiro atoms. The van der Waals surface area contributed by atoms with Crippen molar-refractivity contribution >= 4 is 5.95 Å². The molecule has 5 heteroatoms. The number of fused-ring (bicyclic) bond motifs is 1. The van der Waals surface area contributed by atoms with Crippen molar-refractivity contribution in [2.24, 2.45) is 0 Å². The van der Waals surface area contributed by atoms with Gasteiger partial charge in [-0.1, -0.05) is 30.3 Å². The average molecular weight is 277 g/mol. The zero-order valence-electron chi connectivity index (χ0n) is 11.5. The van der Waals surface area contributed by atoms with E-state index in [0.717, 1.165) is 30.3 Å². The van der Waals surface area contributed by atoms with E-state index in [4.69, 9.17) is 5.10 Å². The lowest BCUT2D eigenvalue weighted by molar-refractivity contribution is 0.481. The minimum absolute atomic E-state index is 0.241. The Labute approximate surface area is 122 Å². The third kappa shape index (κ3) is 2.16. The SMILES string of the molecule is c1ccc(C2CCNc3nc(-c4ccncc4)nn32)cc1. The summed E-state index contributed by atoms with van der Waals surface area (Å²) in [6, 6.07) is 14.6. The predicted molar refractivity (Wildman–Crippen MR) is 80.9 cm³/mol. The summed E-state index contributed by atoms with van der Waals surface area (Å²) in [5, 5.41) is 8.02. The maximum atomic E-state index is 4.69. The molecular formula is C16H15N5. The van der Waals surface area contributed by atoms with E-state index < -0.39 is 0 Å². The van der Waals surface area contributed by atoms with Crippen LogP contribution in [0.1, 0.15) is 18.0 Å². The Hall–Kier alpha value is -2.69. The van der Waals surface area contributed by atoms with Crippen molar-refractivity contribution in [2.75, 3.05) is 11.9 Å². The number of aromatic nitrogens is 4. The largest absolute Gasteiger partial charge is 0.354 e. The number of nitrogens with one attached hydrogen (secondary N) is 1. The summed E-state index contributed by atoms with van der Waals surface area (Å²) in [6.07, 6.45) is 4.53. The van der Waals surface area contributed by atoms with Crippen molar-refractivity contribution in [3.8, 4) is 11.4 Å². The van der Waals surface area contributed by atoms with E-state index in [1.165, 1.54) is 5.56 Å². The smallest absolute Gasteiger partial charge is 0.222 e. The number of pyridine rings is 1. The monoisotopic (exact) mass is 277 g/mol. The van der Waals surface area contributed by atoms with E-state index in [2.05, 4.69) is 39.6 Å². The fraction of sp³-hybridized carbons (Fsp3) is 0.188. The molecule has 0 bridgehead atoms. The predicted octanol–water partition coefficient (Wildman–Crippen LogP) is 2.75. The van der Waals surface area contributed by atoms with Crippen molar-refractivity contribution in [1.82, 2.24) is 19.7 Å². The molecule has 0 saturated carbocycles. The molecule has 3 aromatic rings. The second-order valence-electron chi connectivity index (χ2n) is 5.08. The number of benzene rings is 1. The Kier molecular flexibility index (Phi) is 2.88. The lowest BCUT2D eigenvalue weighted by Gasteiger charge is -2.24. The second kappa shape index (κ2) is 5.01. The molecule has 0 saturated heterocycles. The van der Waals surface area contributed by atoms with Gasteiger partial charge < -0.3 is 5.32 Å². The minimum atomic E-state index is 0.241. The summed E-state index contributed by atoms with van der Waals surface area (Å²) in [4.78, 5) is 8.65. The van der Waals surface area contributed by atoms with Gasteiger partial charge in [-0.25, -0.2) is 4.68 Å². The molecule has 5 nitrogen and oxygen atoms in total. The molecule has 1 aromatic carbocycles. The zero-order chi connectivity index (χ0) is 14.1. The first-order chi connectivity index (χ1) is 10.4. The van der Waals surface area contributed by atoms with Crippen LogP contribution in [-0.2, 0) is 0 Å². The van der Waals surface area contributed by atoms with Crippen LogP contribution in [0.25, 0.3) is 11.4 Å². The molecule has 3 heterocycles. The highest BCUT2D eigenvalue weighted by Crippen LogP contribution is 2.29. The van der Waals surface area contributed by atoms with Crippen LogP contribution in [0.15, 0.2) is 54.9 Å². The molecule has 0 aliphatic carbocycles. The lowest BCUT2D eigenvalue weighted by atomic mass is 10.0. The molecule has 0 fully saturated rings. The van der Waals surface area contributed by atoms with Crippen molar-refractivity contribution < 1.29 is 0 Å². The number of hydrogen-bond acceptors (Lipinski definition) is 4. The van der Waals surface area contributed by atoms with E-state index >= 15 is 0 Å². The Morgan fingerprint density at radius 3 is 2.67 bits per heavy atom. The molecule has 21 heavy (non-hydrogen) atoms. The molecule has 1 aliphatic heterocycles. The minimum Gasteiger partial charge on any atom is -0.354 e. The summed E-state index contributed by atoms with van der Waals surface area (Å²) in [5.74, 6) is 1.57. The second-order valence-corrected chi connectivity index (χ2v) is 5.08. The molecule has 1 aliphatic rings. The van der Waals surface area contributed by atoms with Crippen LogP contribution in [0.3, 0.4) is 0 Å². The van der Waals surface area contributed by atoms with Gasteiger partial charge in [0.1, 0.15) is 0 Å². The third-order valence-electron chi connectivity index (χ3n) is 3.75. The Morgan fingerprint density at radius 1 is 1.05 bits per heavy atom. The summed E-state index contributed by atoms with van der Waals surface area (Å²) < 4.78 is 1.99. The van der Waals surface area contributed by atoms with E-state index in [-0.39, 0.29) is 6.04 Å². The standard InChI is InChI=1S/C16H15N5/c1-2-4-12(5-3-1)14-8-11-18-16-19-15(20-21(14)16)13-6-9-17-10-7-13/h1-7,9-10,14H,8,11H2,(H,18,19,20). The number of rotatable bonds is 2. The molecule has 4 rings (SSSR count). The first kappa shape index (κ1) is 12.1. The maximum absolute atomic E-state index is 4.69. The Bertz CT molecular complexity index is 736. The first-order valence-electron chi connectivity index (χ1n) is 7.07. The molecule has 2 aromatic heterocycles. The molecule has 0 radical (unpaired) electrons. The van der Waals surface area contributed by atoms with Gasteiger partial charge in [-0.05, 0) is 24.1 Å².